The molecule has 3 aromatic heterocycles. The number of aryl methyl sites for hydroxylation is 1. The van der Waals surface area contributed by atoms with E-state index in [2.05, 4.69) is 20.1 Å². The number of rotatable bonds is 2. The average molecular weight is 289 g/mol. The molecule has 0 spiro atoms. The van der Waals surface area contributed by atoms with Crippen LogP contribution in [-0.2, 0) is 0 Å². The Morgan fingerprint density at radius 2 is 2.05 bits per heavy atom. The van der Waals surface area contributed by atoms with Crippen molar-refractivity contribution in [3.8, 4) is 5.82 Å². The maximum absolute atomic E-state index is 5.86. The van der Waals surface area contributed by atoms with E-state index in [0.29, 0.717) is 5.82 Å². The molecule has 0 aliphatic carbocycles. The summed E-state index contributed by atoms with van der Waals surface area (Å²) in [6.07, 6.45) is 3.44. The smallest absolute Gasteiger partial charge is 0.224 e. The second-order valence-corrected chi connectivity index (χ2v) is 4.99. The first-order valence-electron chi connectivity index (χ1n) is 6.08. The molecule has 0 aromatic carbocycles. The quantitative estimate of drug-likeness (QED) is 0.677. The Labute approximate surface area is 121 Å². The first-order valence-corrected chi connectivity index (χ1v) is 6.45. The van der Waals surface area contributed by atoms with Gasteiger partial charge in [0.1, 0.15) is 0 Å². The van der Waals surface area contributed by atoms with Crippen molar-refractivity contribution in [2.75, 3.05) is 19.0 Å². The third-order valence-electron chi connectivity index (χ3n) is 2.93. The van der Waals surface area contributed by atoms with Gasteiger partial charge in [0.15, 0.2) is 11.6 Å². The lowest BCUT2D eigenvalue weighted by Gasteiger charge is -2.07. The summed E-state index contributed by atoms with van der Waals surface area (Å²) in [5.74, 6) is 1.47. The lowest BCUT2D eigenvalue weighted by molar-refractivity contribution is 0.853. The zero-order valence-corrected chi connectivity index (χ0v) is 12.1. The molecule has 102 valence electrons. The second-order valence-electron chi connectivity index (χ2n) is 4.66. The summed E-state index contributed by atoms with van der Waals surface area (Å²) in [7, 11) is 3.89. The van der Waals surface area contributed by atoms with Gasteiger partial charge in [-0.05, 0) is 24.6 Å². The van der Waals surface area contributed by atoms with Crippen LogP contribution in [0.4, 0.5) is 5.82 Å². The van der Waals surface area contributed by atoms with Crippen molar-refractivity contribution in [1.29, 1.82) is 0 Å². The molecule has 0 saturated carbocycles. The van der Waals surface area contributed by atoms with E-state index >= 15 is 0 Å². The second kappa shape index (κ2) is 4.72. The summed E-state index contributed by atoms with van der Waals surface area (Å²) >= 11 is 5.86. The van der Waals surface area contributed by atoms with Gasteiger partial charge in [-0.1, -0.05) is 0 Å². The number of hydrogen-bond acceptors (Lipinski definition) is 5. The van der Waals surface area contributed by atoms with Crippen LogP contribution in [0.2, 0.25) is 5.28 Å². The van der Waals surface area contributed by atoms with Crippen LogP contribution < -0.4 is 4.90 Å². The van der Waals surface area contributed by atoms with Crippen molar-refractivity contribution in [1.82, 2.24) is 24.7 Å². The summed E-state index contributed by atoms with van der Waals surface area (Å²) in [6, 6.07) is 3.75. The number of halogens is 1. The summed E-state index contributed by atoms with van der Waals surface area (Å²) in [4.78, 5) is 14.4. The fourth-order valence-corrected chi connectivity index (χ4v) is 2.19. The Morgan fingerprint density at radius 1 is 1.25 bits per heavy atom. The average Bonchev–Trinajstić information content (AvgIpc) is 2.77. The van der Waals surface area contributed by atoms with Crippen LogP contribution in [0.3, 0.4) is 0 Å². The highest BCUT2D eigenvalue weighted by molar-refractivity contribution is 6.28. The van der Waals surface area contributed by atoms with Crippen molar-refractivity contribution in [3.63, 3.8) is 0 Å². The van der Waals surface area contributed by atoms with E-state index < -0.39 is 0 Å². The van der Waals surface area contributed by atoms with Gasteiger partial charge in [0.05, 0.1) is 10.9 Å². The predicted octanol–water partition coefficient (Wildman–Crippen LogP) is 2.24. The molecule has 0 amide bonds. The number of hydrogen-bond donors (Lipinski definition) is 0. The molecule has 0 fully saturated rings. The lowest BCUT2D eigenvalue weighted by Crippen LogP contribution is -2.10. The van der Waals surface area contributed by atoms with Crippen molar-refractivity contribution in [2.24, 2.45) is 0 Å². The highest BCUT2D eigenvalue weighted by atomic mass is 35.5. The molecule has 6 nitrogen and oxygen atoms in total. The Kier molecular flexibility index (Phi) is 3.02. The molecular formula is C13H13ClN6. The number of anilines is 1. The molecule has 0 radical (unpaired) electrons. The Morgan fingerprint density at radius 3 is 2.75 bits per heavy atom. The van der Waals surface area contributed by atoms with Crippen LogP contribution in [0.15, 0.2) is 24.5 Å². The molecule has 0 bridgehead atoms. The first kappa shape index (κ1) is 12.8. The topological polar surface area (TPSA) is 59.7 Å². The van der Waals surface area contributed by atoms with Crippen LogP contribution in [0.1, 0.15) is 5.69 Å². The van der Waals surface area contributed by atoms with E-state index in [9.17, 15) is 0 Å². The van der Waals surface area contributed by atoms with E-state index in [1.807, 2.05) is 38.2 Å². The summed E-state index contributed by atoms with van der Waals surface area (Å²) in [5, 5.41) is 5.76. The number of pyridine rings is 1. The molecule has 0 aliphatic rings. The van der Waals surface area contributed by atoms with Crippen molar-refractivity contribution >= 4 is 28.3 Å². The van der Waals surface area contributed by atoms with Crippen LogP contribution in [0, 0.1) is 6.92 Å². The van der Waals surface area contributed by atoms with Crippen molar-refractivity contribution < 1.29 is 0 Å². The van der Waals surface area contributed by atoms with Gasteiger partial charge in [-0.3, -0.25) is 4.98 Å². The zero-order chi connectivity index (χ0) is 14.3. The number of nitrogens with zero attached hydrogens (tertiary/aromatic N) is 6. The molecular weight excluding hydrogens is 276 g/mol. The highest BCUT2D eigenvalue weighted by Gasteiger charge is 2.15. The fraction of sp³-hybridized carbons (Fsp3) is 0.231. The molecule has 0 saturated heterocycles. The van der Waals surface area contributed by atoms with Crippen LogP contribution in [-0.4, -0.2) is 38.8 Å². The van der Waals surface area contributed by atoms with E-state index in [4.69, 9.17) is 11.6 Å². The predicted molar refractivity (Wildman–Crippen MR) is 78.5 cm³/mol. The fourth-order valence-electron chi connectivity index (χ4n) is 2.04. The van der Waals surface area contributed by atoms with Gasteiger partial charge in [0.25, 0.3) is 0 Å². The molecule has 0 unspecified atom stereocenters. The zero-order valence-electron chi connectivity index (χ0n) is 11.4. The van der Waals surface area contributed by atoms with E-state index in [1.165, 1.54) is 0 Å². The Balaban J connectivity index is 2.32. The summed E-state index contributed by atoms with van der Waals surface area (Å²) in [6.45, 7) is 1.94. The molecule has 3 heterocycles. The first-order chi connectivity index (χ1) is 9.56. The van der Waals surface area contributed by atoms with Crippen LogP contribution in [0.25, 0.3) is 16.7 Å². The van der Waals surface area contributed by atoms with Crippen LogP contribution >= 0.6 is 11.6 Å². The third-order valence-corrected chi connectivity index (χ3v) is 3.12. The van der Waals surface area contributed by atoms with Gasteiger partial charge >= 0.3 is 0 Å². The Bertz CT molecular complexity index is 780. The van der Waals surface area contributed by atoms with Gasteiger partial charge in [-0.2, -0.15) is 4.98 Å². The molecule has 3 aromatic rings. The maximum Gasteiger partial charge on any atom is 0.224 e. The van der Waals surface area contributed by atoms with Gasteiger partial charge in [0, 0.05) is 38.2 Å². The van der Waals surface area contributed by atoms with E-state index in [1.54, 1.807) is 16.9 Å². The number of fused-ring (bicyclic) bond motifs is 1. The molecule has 0 N–H and O–H groups in total. The van der Waals surface area contributed by atoms with E-state index in [0.717, 1.165) is 22.4 Å². The van der Waals surface area contributed by atoms with Crippen molar-refractivity contribution in [2.45, 2.75) is 6.92 Å². The minimum absolute atomic E-state index is 0.198. The SMILES string of the molecule is Cc1cc2c(cn1)c(N(C)C)nn2-c1ccnc(Cl)n1. The maximum atomic E-state index is 5.86. The Hall–Kier alpha value is -2.21. The molecule has 20 heavy (non-hydrogen) atoms. The largest absolute Gasteiger partial charge is 0.361 e. The summed E-state index contributed by atoms with van der Waals surface area (Å²) < 4.78 is 1.76. The minimum Gasteiger partial charge on any atom is -0.361 e. The standard InChI is InChI=1S/C13H13ClN6/c1-8-6-10-9(7-16-8)12(19(2)3)18-20(10)11-4-5-15-13(14)17-11/h4-7H,1-3H3. The van der Waals surface area contributed by atoms with Gasteiger partial charge in [0.2, 0.25) is 5.28 Å². The van der Waals surface area contributed by atoms with Crippen LogP contribution in [0.5, 0.6) is 0 Å². The monoisotopic (exact) mass is 288 g/mol. The molecule has 0 atom stereocenters. The number of aromatic nitrogens is 5. The molecule has 7 heteroatoms. The minimum atomic E-state index is 0.198. The molecule has 3 rings (SSSR count). The third kappa shape index (κ3) is 2.08. The normalized spacial score (nSPS) is 11.0. The molecule has 0 aliphatic heterocycles. The van der Waals surface area contributed by atoms with Gasteiger partial charge < -0.3 is 4.90 Å². The van der Waals surface area contributed by atoms with Crippen molar-refractivity contribution in [3.05, 3.63) is 35.5 Å². The summed E-state index contributed by atoms with van der Waals surface area (Å²) in [5.41, 5.74) is 1.86. The van der Waals surface area contributed by atoms with E-state index in [-0.39, 0.29) is 5.28 Å². The highest BCUT2D eigenvalue weighted by Crippen LogP contribution is 2.26. The van der Waals surface area contributed by atoms with Gasteiger partial charge in [-0.25, -0.2) is 9.67 Å². The lowest BCUT2D eigenvalue weighted by atomic mass is 10.2. The van der Waals surface area contributed by atoms with Gasteiger partial charge in [-0.15, -0.1) is 5.10 Å².